The van der Waals surface area contributed by atoms with Crippen molar-refractivity contribution in [3.05, 3.63) is 0 Å². The lowest BCUT2D eigenvalue weighted by atomic mass is 10.1. The van der Waals surface area contributed by atoms with E-state index in [4.69, 9.17) is 15.9 Å². The molecule has 0 aliphatic heterocycles. The summed E-state index contributed by atoms with van der Waals surface area (Å²) < 4.78 is 11.5. The Hall–Kier alpha value is -0.680. The number of nitrogens with two attached hydrogens (primary N) is 1. The first-order chi connectivity index (χ1) is 4.59. The van der Waals surface area contributed by atoms with Gasteiger partial charge in [0.1, 0.15) is 6.04 Å². The molecule has 0 aromatic rings. The number of aliphatic hydroxyl groups is 1. The molecule has 0 aromatic carbocycles. The van der Waals surface area contributed by atoms with Gasteiger partial charge in [-0.05, 0) is 0 Å². The highest BCUT2D eigenvalue weighted by Crippen LogP contribution is 1.96. The number of halogens is 1. The number of aliphatic carboxylic acids is 1. The Morgan fingerprint density at radius 2 is 2.20 bits per heavy atom. The highest BCUT2D eigenvalue weighted by Gasteiger charge is 2.20. The molecule has 5 heteroatoms. The predicted octanol–water partition coefficient (Wildman–Crippen LogP) is -0.881. The Bertz CT molecular complexity index is 119. The Morgan fingerprint density at radius 3 is 2.50 bits per heavy atom. The zero-order chi connectivity index (χ0) is 8.15. The summed E-state index contributed by atoms with van der Waals surface area (Å²) in [6.07, 6.45) is -1.52. The Balaban J connectivity index is 3.69. The lowest BCUT2D eigenvalue weighted by Crippen LogP contribution is -2.41. The van der Waals surface area contributed by atoms with Crippen molar-refractivity contribution in [2.45, 2.75) is 18.6 Å². The second-order valence-electron chi connectivity index (χ2n) is 1.91. The van der Waals surface area contributed by atoms with Crippen LogP contribution in [0.5, 0.6) is 0 Å². The highest BCUT2D eigenvalue weighted by molar-refractivity contribution is 5.73. The summed E-state index contributed by atoms with van der Waals surface area (Å²) in [5.74, 6) is -1.32. The lowest BCUT2D eigenvalue weighted by molar-refractivity contribution is -0.141. The van der Waals surface area contributed by atoms with Gasteiger partial charge in [-0.15, -0.1) is 0 Å². The van der Waals surface area contributed by atoms with Crippen LogP contribution >= 0.6 is 0 Å². The SMILES string of the molecule is NC(C(=O)O)C(O)CCF. The number of carboxylic acid groups (broad SMARTS) is 1. The molecule has 0 heterocycles. The van der Waals surface area contributed by atoms with Crippen molar-refractivity contribution >= 4 is 5.97 Å². The average Bonchev–Trinajstić information content (AvgIpc) is 1.87. The van der Waals surface area contributed by atoms with E-state index in [9.17, 15) is 9.18 Å². The molecule has 4 N–H and O–H groups in total. The largest absolute Gasteiger partial charge is 0.480 e. The minimum atomic E-state index is -1.38. The third-order valence-electron chi connectivity index (χ3n) is 1.10. The zero-order valence-electron chi connectivity index (χ0n) is 5.33. The number of rotatable bonds is 4. The summed E-state index contributed by atoms with van der Waals surface area (Å²) in [4.78, 5) is 10.0. The molecule has 0 spiro atoms. The maximum atomic E-state index is 11.5. The molecule has 0 radical (unpaired) electrons. The molecule has 0 aliphatic rings. The molecule has 0 bridgehead atoms. The van der Waals surface area contributed by atoms with Crippen LogP contribution in [0, 0.1) is 0 Å². The van der Waals surface area contributed by atoms with Crippen molar-refractivity contribution in [1.29, 1.82) is 0 Å². The normalized spacial score (nSPS) is 16.3. The van der Waals surface area contributed by atoms with Gasteiger partial charge in [0.15, 0.2) is 0 Å². The van der Waals surface area contributed by atoms with Gasteiger partial charge in [0.2, 0.25) is 0 Å². The summed E-state index contributed by atoms with van der Waals surface area (Å²) in [7, 11) is 0. The van der Waals surface area contributed by atoms with Gasteiger partial charge in [0.25, 0.3) is 0 Å². The van der Waals surface area contributed by atoms with Crippen LogP contribution in [0.25, 0.3) is 0 Å². The second-order valence-corrected chi connectivity index (χ2v) is 1.91. The Labute approximate surface area is 57.5 Å². The lowest BCUT2D eigenvalue weighted by Gasteiger charge is -2.11. The molecule has 0 saturated heterocycles. The van der Waals surface area contributed by atoms with Crippen molar-refractivity contribution in [3.63, 3.8) is 0 Å². The molecule has 0 aromatic heterocycles. The number of carbonyl (C=O) groups is 1. The van der Waals surface area contributed by atoms with Gasteiger partial charge in [-0.3, -0.25) is 9.18 Å². The monoisotopic (exact) mass is 151 g/mol. The first-order valence-electron chi connectivity index (χ1n) is 2.82. The van der Waals surface area contributed by atoms with E-state index in [1.165, 1.54) is 0 Å². The number of alkyl halides is 1. The first kappa shape index (κ1) is 9.32. The molecular formula is C5H10FNO3. The maximum absolute atomic E-state index is 11.5. The van der Waals surface area contributed by atoms with Gasteiger partial charge in [-0.25, -0.2) is 0 Å². The van der Waals surface area contributed by atoms with Crippen LogP contribution in [0.15, 0.2) is 0 Å². The van der Waals surface area contributed by atoms with E-state index in [0.717, 1.165) is 0 Å². The van der Waals surface area contributed by atoms with Crippen LogP contribution < -0.4 is 5.73 Å². The summed E-state index contributed by atoms with van der Waals surface area (Å²) in [5.41, 5.74) is 4.93. The molecule has 0 aliphatic carbocycles. The van der Waals surface area contributed by atoms with E-state index in [0.29, 0.717) is 0 Å². The molecule has 0 saturated carbocycles. The number of hydrogen-bond acceptors (Lipinski definition) is 3. The summed E-state index contributed by atoms with van der Waals surface area (Å²) in [6, 6.07) is -1.38. The van der Waals surface area contributed by atoms with Crippen LogP contribution in [0.4, 0.5) is 4.39 Å². The number of aliphatic hydroxyl groups excluding tert-OH is 1. The Morgan fingerprint density at radius 1 is 1.70 bits per heavy atom. The third kappa shape index (κ3) is 2.75. The standard InChI is InChI=1S/C5H10FNO3/c6-2-1-3(8)4(7)5(9)10/h3-4,8H,1-2,7H2,(H,9,10). The van der Waals surface area contributed by atoms with E-state index in [-0.39, 0.29) is 6.42 Å². The van der Waals surface area contributed by atoms with E-state index in [2.05, 4.69) is 0 Å². The van der Waals surface area contributed by atoms with Crippen molar-refractivity contribution in [2.24, 2.45) is 5.73 Å². The second kappa shape index (κ2) is 4.19. The summed E-state index contributed by atoms with van der Waals surface area (Å²) >= 11 is 0. The number of carboxylic acids is 1. The van der Waals surface area contributed by atoms with Gasteiger partial charge in [0.05, 0.1) is 12.8 Å². The van der Waals surface area contributed by atoms with Crippen molar-refractivity contribution in [3.8, 4) is 0 Å². The minimum absolute atomic E-state index is 0.229. The van der Waals surface area contributed by atoms with Crippen LogP contribution in [-0.4, -0.2) is 35.0 Å². The van der Waals surface area contributed by atoms with Crippen molar-refractivity contribution in [1.82, 2.24) is 0 Å². The predicted molar refractivity (Wildman–Crippen MR) is 32.2 cm³/mol. The molecule has 10 heavy (non-hydrogen) atoms. The fraction of sp³-hybridized carbons (Fsp3) is 0.800. The number of hydrogen-bond donors (Lipinski definition) is 3. The molecule has 4 nitrogen and oxygen atoms in total. The van der Waals surface area contributed by atoms with Gasteiger partial charge in [-0.1, -0.05) is 0 Å². The molecule has 2 unspecified atom stereocenters. The van der Waals surface area contributed by atoms with Gasteiger partial charge < -0.3 is 15.9 Å². The van der Waals surface area contributed by atoms with Crippen LogP contribution in [0.1, 0.15) is 6.42 Å². The Kier molecular flexibility index (Phi) is 3.90. The van der Waals surface area contributed by atoms with Crippen LogP contribution in [0.2, 0.25) is 0 Å². The summed E-state index contributed by atoms with van der Waals surface area (Å²) in [6.45, 7) is -0.762. The van der Waals surface area contributed by atoms with E-state index < -0.39 is 24.8 Å². The third-order valence-corrected chi connectivity index (χ3v) is 1.10. The smallest absolute Gasteiger partial charge is 0.323 e. The molecule has 2 atom stereocenters. The highest BCUT2D eigenvalue weighted by atomic mass is 19.1. The van der Waals surface area contributed by atoms with Crippen LogP contribution in [0.3, 0.4) is 0 Å². The fourth-order valence-electron chi connectivity index (χ4n) is 0.456. The summed E-state index contributed by atoms with van der Waals surface area (Å²) in [5, 5.41) is 16.9. The topological polar surface area (TPSA) is 83.6 Å². The van der Waals surface area contributed by atoms with Crippen molar-refractivity contribution < 1.29 is 19.4 Å². The van der Waals surface area contributed by atoms with E-state index in [1.807, 2.05) is 0 Å². The van der Waals surface area contributed by atoms with Gasteiger partial charge in [-0.2, -0.15) is 0 Å². The van der Waals surface area contributed by atoms with Gasteiger partial charge in [0, 0.05) is 6.42 Å². The molecular weight excluding hydrogens is 141 g/mol. The van der Waals surface area contributed by atoms with Crippen LogP contribution in [-0.2, 0) is 4.79 Å². The average molecular weight is 151 g/mol. The van der Waals surface area contributed by atoms with E-state index >= 15 is 0 Å². The van der Waals surface area contributed by atoms with Gasteiger partial charge >= 0.3 is 5.97 Å². The first-order valence-corrected chi connectivity index (χ1v) is 2.82. The zero-order valence-corrected chi connectivity index (χ0v) is 5.33. The molecule has 0 amide bonds. The molecule has 0 fully saturated rings. The molecule has 0 rings (SSSR count). The fourth-order valence-corrected chi connectivity index (χ4v) is 0.456. The quantitative estimate of drug-likeness (QED) is 0.487. The maximum Gasteiger partial charge on any atom is 0.323 e. The molecule has 60 valence electrons. The van der Waals surface area contributed by atoms with Crippen molar-refractivity contribution in [2.75, 3.05) is 6.67 Å². The van der Waals surface area contributed by atoms with E-state index in [1.54, 1.807) is 0 Å². The minimum Gasteiger partial charge on any atom is -0.480 e.